The van der Waals surface area contributed by atoms with Crippen molar-refractivity contribution >= 4 is 11.7 Å². The lowest BCUT2D eigenvalue weighted by atomic mass is 10.0. The molecule has 0 bridgehead atoms. The quantitative estimate of drug-likeness (QED) is 0.609. The highest BCUT2D eigenvalue weighted by atomic mass is 16.5. The Kier molecular flexibility index (Phi) is 3.85. The molecule has 0 aliphatic rings. The van der Waals surface area contributed by atoms with Crippen LogP contribution in [-0.4, -0.2) is 32.6 Å². The third-order valence-corrected chi connectivity index (χ3v) is 4.16. The zero-order valence-electron chi connectivity index (χ0n) is 14.0. The Hall–Kier alpha value is -3.67. The van der Waals surface area contributed by atoms with E-state index in [4.69, 9.17) is 9.84 Å². The fourth-order valence-corrected chi connectivity index (χ4v) is 2.75. The molecule has 0 saturated heterocycles. The van der Waals surface area contributed by atoms with Gasteiger partial charge in [-0.15, -0.1) is 0 Å². The highest BCUT2D eigenvalue weighted by Gasteiger charge is 2.09. The maximum Gasteiger partial charge on any atom is 0.338 e. The third kappa shape index (κ3) is 2.88. The molecule has 2 aromatic heterocycles. The summed E-state index contributed by atoms with van der Waals surface area (Å²) in [5, 5.41) is 9.06. The van der Waals surface area contributed by atoms with Crippen molar-refractivity contribution in [3.63, 3.8) is 0 Å². The maximum absolute atomic E-state index is 11.1. The molecule has 2 heterocycles. The van der Waals surface area contributed by atoms with Gasteiger partial charge in [-0.2, -0.15) is 0 Å². The summed E-state index contributed by atoms with van der Waals surface area (Å²) in [7, 11) is 1.65. The Balaban J connectivity index is 1.65. The molecule has 0 amide bonds. The number of hydrogen-bond donors (Lipinski definition) is 1. The van der Waals surface area contributed by atoms with Crippen molar-refractivity contribution in [3.05, 3.63) is 72.7 Å². The first kappa shape index (κ1) is 15.8. The Morgan fingerprint density at radius 3 is 2.19 bits per heavy atom. The molecule has 26 heavy (non-hydrogen) atoms. The van der Waals surface area contributed by atoms with E-state index in [1.165, 1.54) is 12.4 Å². The van der Waals surface area contributed by atoms with Crippen LogP contribution in [0.3, 0.4) is 0 Å². The van der Waals surface area contributed by atoms with E-state index in [0.29, 0.717) is 5.78 Å². The fraction of sp³-hybridized carbons (Fsp3) is 0.0500. The van der Waals surface area contributed by atoms with Crippen LogP contribution >= 0.6 is 0 Å². The molecule has 0 fully saturated rings. The van der Waals surface area contributed by atoms with Gasteiger partial charge in [-0.3, -0.25) is 4.40 Å². The second-order valence-corrected chi connectivity index (χ2v) is 5.79. The predicted octanol–water partition coefficient (Wildman–Crippen LogP) is 3.77. The average molecular weight is 345 g/mol. The van der Waals surface area contributed by atoms with Crippen molar-refractivity contribution in [2.45, 2.75) is 0 Å². The molecule has 4 aromatic rings. The molecule has 0 radical (unpaired) electrons. The summed E-state index contributed by atoms with van der Waals surface area (Å²) in [6, 6.07) is 15.9. The van der Waals surface area contributed by atoms with Crippen LogP contribution in [0.1, 0.15) is 10.4 Å². The number of carboxylic acids is 1. The van der Waals surface area contributed by atoms with Crippen molar-refractivity contribution in [1.82, 2.24) is 14.4 Å². The summed E-state index contributed by atoms with van der Waals surface area (Å²) in [5.74, 6) is 0.269. The number of carboxylic acid groups (broad SMARTS) is 1. The van der Waals surface area contributed by atoms with Gasteiger partial charge in [0.25, 0.3) is 0 Å². The van der Waals surface area contributed by atoms with Gasteiger partial charge in [0.15, 0.2) is 0 Å². The van der Waals surface area contributed by atoms with Gasteiger partial charge in [-0.1, -0.05) is 36.4 Å². The fourth-order valence-electron chi connectivity index (χ4n) is 2.75. The van der Waals surface area contributed by atoms with Crippen molar-refractivity contribution < 1.29 is 14.6 Å². The highest BCUT2D eigenvalue weighted by molar-refractivity contribution is 5.87. The van der Waals surface area contributed by atoms with Crippen LogP contribution in [0.25, 0.3) is 28.2 Å². The number of aromatic nitrogens is 3. The lowest BCUT2D eigenvalue weighted by molar-refractivity contribution is 0.0696. The van der Waals surface area contributed by atoms with Crippen LogP contribution in [0.4, 0.5) is 0 Å². The summed E-state index contributed by atoms with van der Waals surface area (Å²) < 4.78 is 6.80. The van der Waals surface area contributed by atoms with Gasteiger partial charge in [0.2, 0.25) is 5.78 Å². The minimum Gasteiger partial charge on any atom is -0.497 e. The van der Waals surface area contributed by atoms with Crippen molar-refractivity contribution in [3.8, 4) is 28.1 Å². The second kappa shape index (κ2) is 6.33. The summed E-state index contributed by atoms with van der Waals surface area (Å²) in [5.41, 5.74) is 3.98. The van der Waals surface area contributed by atoms with E-state index in [1.54, 1.807) is 17.7 Å². The smallest absolute Gasteiger partial charge is 0.338 e. The molecule has 0 aliphatic carbocycles. The number of ether oxygens (including phenoxy) is 1. The molecule has 6 heteroatoms. The van der Waals surface area contributed by atoms with Gasteiger partial charge < -0.3 is 9.84 Å². The first-order chi connectivity index (χ1) is 12.6. The number of methoxy groups -OCH3 is 1. The first-order valence-electron chi connectivity index (χ1n) is 7.97. The van der Waals surface area contributed by atoms with E-state index in [2.05, 4.69) is 9.97 Å². The van der Waals surface area contributed by atoms with Gasteiger partial charge >= 0.3 is 5.97 Å². The summed E-state index contributed by atoms with van der Waals surface area (Å²) in [4.78, 5) is 19.6. The van der Waals surface area contributed by atoms with Crippen molar-refractivity contribution in [2.24, 2.45) is 0 Å². The zero-order valence-corrected chi connectivity index (χ0v) is 14.0. The van der Waals surface area contributed by atoms with E-state index >= 15 is 0 Å². The van der Waals surface area contributed by atoms with Crippen LogP contribution in [0.15, 0.2) is 67.1 Å². The van der Waals surface area contributed by atoms with Crippen LogP contribution in [0.2, 0.25) is 0 Å². The number of benzene rings is 2. The molecule has 128 valence electrons. The molecule has 0 saturated carbocycles. The van der Waals surface area contributed by atoms with Gasteiger partial charge in [0.05, 0.1) is 18.4 Å². The lowest BCUT2D eigenvalue weighted by Crippen LogP contribution is -1.99. The molecule has 0 aliphatic heterocycles. The normalized spacial score (nSPS) is 10.8. The van der Waals surface area contributed by atoms with Crippen LogP contribution < -0.4 is 4.74 Å². The molecule has 4 rings (SSSR count). The molecule has 0 spiro atoms. The summed E-state index contributed by atoms with van der Waals surface area (Å²) in [6.45, 7) is 0. The standard InChI is InChI=1S/C20H15N3O3/c1-26-17-8-6-14(7-9-17)13-2-4-15(5-3-13)18-12-23-11-16(19(24)25)10-21-20(23)22-18/h2-12H,1H3,(H,24,25). The van der Waals surface area contributed by atoms with E-state index in [1.807, 2.05) is 48.5 Å². The van der Waals surface area contributed by atoms with Crippen LogP contribution in [-0.2, 0) is 0 Å². The number of imidazole rings is 1. The maximum atomic E-state index is 11.1. The van der Waals surface area contributed by atoms with E-state index in [-0.39, 0.29) is 5.56 Å². The second-order valence-electron chi connectivity index (χ2n) is 5.79. The molecular weight excluding hydrogens is 330 g/mol. The number of hydrogen-bond acceptors (Lipinski definition) is 4. The predicted molar refractivity (Wildman–Crippen MR) is 97.4 cm³/mol. The molecule has 6 nitrogen and oxygen atoms in total. The van der Waals surface area contributed by atoms with E-state index in [0.717, 1.165) is 28.1 Å². The lowest BCUT2D eigenvalue weighted by Gasteiger charge is -2.04. The molecule has 0 atom stereocenters. The van der Waals surface area contributed by atoms with E-state index < -0.39 is 5.97 Å². The molecular formula is C20H15N3O3. The topological polar surface area (TPSA) is 76.7 Å². The number of carbonyl (C=O) groups is 1. The Morgan fingerprint density at radius 2 is 1.58 bits per heavy atom. The molecule has 2 aromatic carbocycles. The molecule has 0 unspecified atom stereocenters. The molecule has 1 N–H and O–H groups in total. The minimum absolute atomic E-state index is 0.122. The highest BCUT2D eigenvalue weighted by Crippen LogP contribution is 2.26. The number of nitrogens with zero attached hydrogens (tertiary/aromatic N) is 3. The average Bonchev–Trinajstić information content (AvgIpc) is 3.11. The SMILES string of the molecule is COc1ccc(-c2ccc(-c3cn4cc(C(=O)O)cnc4n3)cc2)cc1. The largest absolute Gasteiger partial charge is 0.497 e. The zero-order chi connectivity index (χ0) is 18.1. The van der Waals surface area contributed by atoms with Crippen LogP contribution in [0.5, 0.6) is 5.75 Å². The summed E-state index contributed by atoms with van der Waals surface area (Å²) >= 11 is 0. The van der Waals surface area contributed by atoms with Crippen molar-refractivity contribution in [1.29, 1.82) is 0 Å². The number of rotatable bonds is 4. The number of aromatic carboxylic acids is 1. The Labute approximate surface area is 149 Å². The third-order valence-electron chi connectivity index (χ3n) is 4.16. The monoisotopic (exact) mass is 345 g/mol. The Bertz CT molecular complexity index is 1080. The van der Waals surface area contributed by atoms with Gasteiger partial charge in [0.1, 0.15) is 5.75 Å². The summed E-state index contributed by atoms with van der Waals surface area (Å²) in [6.07, 6.45) is 4.59. The number of fused-ring (bicyclic) bond motifs is 1. The van der Waals surface area contributed by atoms with Crippen LogP contribution in [0, 0.1) is 0 Å². The van der Waals surface area contributed by atoms with Gasteiger partial charge in [-0.25, -0.2) is 14.8 Å². The van der Waals surface area contributed by atoms with Gasteiger partial charge in [-0.05, 0) is 23.3 Å². The van der Waals surface area contributed by atoms with Gasteiger partial charge in [0, 0.05) is 24.2 Å². The Morgan fingerprint density at radius 1 is 0.962 bits per heavy atom. The first-order valence-corrected chi connectivity index (χ1v) is 7.97. The van der Waals surface area contributed by atoms with E-state index in [9.17, 15) is 4.79 Å². The van der Waals surface area contributed by atoms with Crippen molar-refractivity contribution in [2.75, 3.05) is 7.11 Å². The minimum atomic E-state index is -1.02.